The average molecular weight is 759 g/mol. The van der Waals surface area contributed by atoms with E-state index < -0.39 is 5.82 Å². The maximum atomic E-state index is 13.5. The number of aliphatic imine (C=N–C) groups is 1. The normalized spacial score (nSPS) is 12.1. The van der Waals surface area contributed by atoms with Crippen LogP contribution in [0.5, 0.6) is 0 Å². The summed E-state index contributed by atoms with van der Waals surface area (Å²) in [6.45, 7) is 16.7. The second kappa shape index (κ2) is 16.2. The number of halogens is 3. The largest absolute Gasteiger partial charge is 0.452 e. The molecule has 0 radical (unpaired) electrons. The van der Waals surface area contributed by atoms with Crippen LogP contribution in [0.25, 0.3) is 27.4 Å². The van der Waals surface area contributed by atoms with Gasteiger partial charge in [0.25, 0.3) is 0 Å². The summed E-state index contributed by atoms with van der Waals surface area (Å²) in [6.07, 6.45) is 3.12. The Morgan fingerprint density at radius 1 is 0.804 bits per heavy atom. The topological polar surface area (TPSA) is 157 Å². The lowest BCUT2D eigenvalue weighted by Gasteiger charge is -2.25. The fourth-order valence-corrected chi connectivity index (χ4v) is 5.85. The third kappa shape index (κ3) is 9.04. The molecule has 0 saturated carbocycles. The Kier molecular flexibility index (Phi) is 11.2. The van der Waals surface area contributed by atoms with Crippen molar-refractivity contribution in [3.63, 3.8) is 0 Å². The lowest BCUT2D eigenvalue weighted by molar-refractivity contribution is -0.551. The SMILES string of the molecule is CC(C)(CNc1ncc(-c2ccc3c(c2)C(N)=NC3)nn1)c1ccc(F)cc1.[C-]#[N+]c1cc(-c2cnc(NCC(C)(C)c3ccc(F)cc3)[n+](=O)[nH]2)ccc1F. The van der Waals surface area contributed by atoms with E-state index in [2.05, 4.69) is 59.6 Å². The van der Waals surface area contributed by atoms with Gasteiger partial charge in [-0.1, -0.05) is 80.1 Å². The van der Waals surface area contributed by atoms with Gasteiger partial charge in [-0.3, -0.25) is 10.3 Å². The zero-order chi connectivity index (χ0) is 40.0. The zero-order valence-corrected chi connectivity index (χ0v) is 31.1. The van der Waals surface area contributed by atoms with Crippen LogP contribution in [-0.2, 0) is 17.4 Å². The molecular formula is C41H39F3N11O+. The molecule has 0 spiro atoms. The molecule has 0 unspecified atom stereocenters. The number of aromatic amines is 1. The predicted molar refractivity (Wildman–Crippen MR) is 209 cm³/mol. The van der Waals surface area contributed by atoms with E-state index >= 15 is 0 Å². The number of nitrogens with two attached hydrogens (primary N) is 1. The first-order valence-corrected chi connectivity index (χ1v) is 17.5. The smallest absolute Gasteiger partial charge is 0.383 e. The molecule has 0 atom stereocenters. The van der Waals surface area contributed by atoms with Crippen molar-refractivity contribution in [2.75, 3.05) is 23.7 Å². The van der Waals surface area contributed by atoms with Crippen LogP contribution in [0.1, 0.15) is 49.9 Å². The molecular weight excluding hydrogens is 720 g/mol. The van der Waals surface area contributed by atoms with Gasteiger partial charge in [0.2, 0.25) is 11.6 Å². The number of benzene rings is 4. The predicted octanol–water partition coefficient (Wildman–Crippen LogP) is 7.50. The third-order valence-electron chi connectivity index (χ3n) is 9.40. The summed E-state index contributed by atoms with van der Waals surface area (Å²) in [5.41, 5.74) is 11.6. The molecule has 56 heavy (non-hydrogen) atoms. The number of H-pyrrole nitrogens is 1. The van der Waals surface area contributed by atoms with Gasteiger partial charge in [0.1, 0.15) is 40.9 Å². The van der Waals surface area contributed by atoms with Crippen LogP contribution in [0, 0.1) is 28.9 Å². The first-order chi connectivity index (χ1) is 26.7. The Labute approximate surface area is 321 Å². The Balaban J connectivity index is 0.000000190. The van der Waals surface area contributed by atoms with Crippen LogP contribution in [0.4, 0.5) is 30.8 Å². The average Bonchev–Trinajstić information content (AvgIpc) is 3.57. The van der Waals surface area contributed by atoms with Crippen LogP contribution in [0.2, 0.25) is 0 Å². The van der Waals surface area contributed by atoms with Crippen molar-refractivity contribution in [1.82, 2.24) is 25.3 Å². The molecule has 0 fully saturated rings. The van der Waals surface area contributed by atoms with Crippen molar-refractivity contribution >= 4 is 23.4 Å². The van der Waals surface area contributed by atoms with Gasteiger partial charge in [0.15, 0.2) is 0 Å². The van der Waals surface area contributed by atoms with Gasteiger partial charge in [-0.05, 0) is 64.7 Å². The molecule has 1 aliphatic heterocycles. The quantitative estimate of drug-likeness (QED) is 0.0827. The number of aromatic nitrogens is 6. The fraction of sp³-hybridized carbons (Fsp3) is 0.220. The second-order valence-corrected chi connectivity index (χ2v) is 14.4. The second-order valence-electron chi connectivity index (χ2n) is 14.4. The van der Waals surface area contributed by atoms with E-state index in [-0.39, 0.29) is 34.1 Å². The Morgan fingerprint density at radius 2 is 1.43 bits per heavy atom. The van der Waals surface area contributed by atoms with E-state index in [9.17, 15) is 18.1 Å². The number of amidine groups is 1. The van der Waals surface area contributed by atoms with Crippen molar-refractivity contribution in [3.8, 4) is 22.5 Å². The molecule has 284 valence electrons. The number of rotatable bonds is 10. The lowest BCUT2D eigenvalue weighted by atomic mass is 9.84. The van der Waals surface area contributed by atoms with Crippen LogP contribution in [0.15, 0.2) is 102 Å². The minimum atomic E-state index is -0.622. The number of hydrogen-bond donors (Lipinski definition) is 4. The highest BCUT2D eigenvalue weighted by Crippen LogP contribution is 2.28. The molecule has 6 aromatic rings. The van der Waals surface area contributed by atoms with Crippen LogP contribution in [-0.4, -0.2) is 44.2 Å². The summed E-state index contributed by atoms with van der Waals surface area (Å²) < 4.78 is 40.2. The highest BCUT2D eigenvalue weighted by atomic mass is 19.1. The van der Waals surface area contributed by atoms with Crippen molar-refractivity contribution in [2.45, 2.75) is 45.1 Å². The summed E-state index contributed by atoms with van der Waals surface area (Å²) in [7, 11) is 0. The molecule has 0 aliphatic carbocycles. The van der Waals surface area contributed by atoms with Gasteiger partial charge in [0, 0.05) is 28.5 Å². The van der Waals surface area contributed by atoms with Crippen LogP contribution in [0.3, 0.4) is 0 Å². The zero-order valence-electron chi connectivity index (χ0n) is 31.1. The minimum Gasteiger partial charge on any atom is -0.383 e. The highest BCUT2D eigenvalue weighted by Gasteiger charge is 2.25. The highest BCUT2D eigenvalue weighted by molar-refractivity contribution is 6.01. The third-order valence-corrected chi connectivity index (χ3v) is 9.40. The summed E-state index contributed by atoms with van der Waals surface area (Å²) in [6, 6.07) is 22.7. The van der Waals surface area contributed by atoms with Gasteiger partial charge in [0.05, 0.1) is 30.4 Å². The van der Waals surface area contributed by atoms with E-state index in [1.165, 1.54) is 48.7 Å². The van der Waals surface area contributed by atoms with Crippen LogP contribution < -0.4 is 20.9 Å². The maximum Gasteiger partial charge on any atom is 0.452 e. The van der Waals surface area contributed by atoms with Gasteiger partial charge in [-0.15, -0.1) is 10.2 Å². The van der Waals surface area contributed by atoms with Crippen molar-refractivity contribution in [1.29, 1.82) is 0 Å². The molecule has 7 rings (SSSR count). The van der Waals surface area contributed by atoms with E-state index in [0.717, 1.165) is 27.8 Å². The van der Waals surface area contributed by atoms with Crippen molar-refractivity contribution in [3.05, 3.63) is 153 Å². The first-order valence-electron chi connectivity index (χ1n) is 17.5. The monoisotopic (exact) mass is 758 g/mol. The molecule has 0 bridgehead atoms. The summed E-state index contributed by atoms with van der Waals surface area (Å²) >= 11 is 0. The number of nitrogens with zero attached hydrogens (tertiary/aromatic N) is 7. The van der Waals surface area contributed by atoms with Crippen molar-refractivity contribution in [2.24, 2.45) is 10.7 Å². The molecule has 2 aromatic heterocycles. The molecule has 3 heterocycles. The standard InChI is InChI=1S/C21H21FN6.C20H18F2N5O/c1-21(2,15-5-7-16(22)8-6-15)12-26-20-25-11-18(27-28-20)13-3-4-14-10-24-19(23)17(14)9-13;1-20(2,14-5-7-15(21)8-6-14)12-25-19-24-11-18(26-27(19)28)13-4-9-16(22)17(10-13)23-3/h3-9,11H,10,12H2,1-2H3,(H2,23,24)(H,25,26,28);4-11H,12H2,1-2H3,(H,24,25)(H,26,28)/q;+1. The maximum absolute atomic E-state index is 13.5. The molecule has 12 nitrogen and oxygen atoms in total. The van der Waals surface area contributed by atoms with E-state index in [1.54, 1.807) is 30.5 Å². The minimum absolute atomic E-state index is 0.0615. The first kappa shape index (κ1) is 38.8. The Bertz CT molecular complexity index is 2480. The number of fused-ring (bicyclic) bond motifs is 1. The molecule has 0 amide bonds. The lowest BCUT2D eigenvalue weighted by Crippen LogP contribution is -2.33. The van der Waals surface area contributed by atoms with Gasteiger partial charge in [-0.25, -0.2) is 28.1 Å². The van der Waals surface area contributed by atoms with Crippen molar-refractivity contribution < 1.29 is 17.7 Å². The number of nitrogens with one attached hydrogen (secondary N) is 3. The number of hydrogen-bond acceptors (Lipinski definition) is 9. The van der Waals surface area contributed by atoms with Gasteiger partial charge < -0.3 is 11.1 Å². The molecule has 4 aromatic carbocycles. The summed E-state index contributed by atoms with van der Waals surface area (Å²) in [5.74, 6) is -0.108. The van der Waals surface area contributed by atoms with Gasteiger partial charge >= 0.3 is 5.95 Å². The van der Waals surface area contributed by atoms with E-state index in [0.29, 0.717) is 52.9 Å². The molecule has 5 N–H and O–H groups in total. The van der Waals surface area contributed by atoms with Gasteiger partial charge in [-0.2, -0.15) is 0 Å². The fourth-order valence-electron chi connectivity index (χ4n) is 5.85. The van der Waals surface area contributed by atoms with Crippen LogP contribution >= 0.6 is 0 Å². The van der Waals surface area contributed by atoms with E-state index in [1.807, 2.05) is 32.0 Å². The molecule has 15 heteroatoms. The molecule has 1 aliphatic rings. The Morgan fingerprint density at radius 3 is 2.02 bits per heavy atom. The molecule has 0 saturated heterocycles. The Hall–Kier alpha value is -6.95. The van der Waals surface area contributed by atoms with E-state index in [4.69, 9.17) is 12.3 Å². The summed E-state index contributed by atoms with van der Waals surface area (Å²) in [5, 5.41) is 17.3. The number of anilines is 2. The summed E-state index contributed by atoms with van der Waals surface area (Å²) in [4.78, 5) is 28.1.